The summed E-state index contributed by atoms with van der Waals surface area (Å²) in [7, 11) is 0. The van der Waals surface area contributed by atoms with Crippen LogP contribution in [0.25, 0.3) is 0 Å². The standard InChI is InChI=1S/C16H26N4/c1-2-8-19-9-11-20(12-10-19)13-15(16(17)18)14-6-4-3-5-7-14/h3-7,15H,2,8-13H2,1H3,(H3,17,18). The van der Waals surface area contributed by atoms with Crippen molar-refractivity contribution in [3.05, 3.63) is 35.9 Å². The lowest BCUT2D eigenvalue weighted by Gasteiger charge is -2.36. The second kappa shape index (κ2) is 7.41. The average Bonchev–Trinajstić information content (AvgIpc) is 2.47. The normalized spacial score (nSPS) is 18.9. The molecule has 1 aromatic carbocycles. The minimum Gasteiger partial charge on any atom is -0.387 e. The van der Waals surface area contributed by atoms with Crippen LogP contribution in [0.15, 0.2) is 30.3 Å². The lowest BCUT2D eigenvalue weighted by molar-refractivity contribution is 0.131. The van der Waals surface area contributed by atoms with Crippen LogP contribution in [-0.2, 0) is 0 Å². The van der Waals surface area contributed by atoms with Crippen molar-refractivity contribution in [1.82, 2.24) is 9.80 Å². The molecular weight excluding hydrogens is 248 g/mol. The zero-order chi connectivity index (χ0) is 14.4. The molecule has 2 rings (SSSR count). The first-order valence-electron chi connectivity index (χ1n) is 7.54. The molecule has 0 aliphatic carbocycles. The molecule has 3 N–H and O–H groups in total. The van der Waals surface area contributed by atoms with Crippen molar-refractivity contribution in [2.75, 3.05) is 39.3 Å². The van der Waals surface area contributed by atoms with Gasteiger partial charge in [0, 0.05) is 32.7 Å². The third-order valence-electron chi connectivity index (χ3n) is 4.02. The molecular formula is C16H26N4. The molecule has 1 heterocycles. The molecule has 4 nitrogen and oxygen atoms in total. The van der Waals surface area contributed by atoms with Gasteiger partial charge in [0.15, 0.2) is 0 Å². The van der Waals surface area contributed by atoms with Crippen LogP contribution in [0.5, 0.6) is 0 Å². The van der Waals surface area contributed by atoms with E-state index in [9.17, 15) is 0 Å². The summed E-state index contributed by atoms with van der Waals surface area (Å²) in [6.45, 7) is 8.71. The first-order chi connectivity index (χ1) is 9.70. The molecule has 1 aliphatic rings. The molecule has 1 saturated heterocycles. The van der Waals surface area contributed by atoms with Crippen LogP contribution in [0.2, 0.25) is 0 Å². The highest BCUT2D eigenvalue weighted by atomic mass is 15.3. The smallest absolute Gasteiger partial charge is 0.0995 e. The molecule has 0 radical (unpaired) electrons. The second-order valence-corrected chi connectivity index (χ2v) is 5.56. The Morgan fingerprint density at radius 3 is 2.30 bits per heavy atom. The van der Waals surface area contributed by atoms with Crippen LogP contribution in [0.3, 0.4) is 0 Å². The van der Waals surface area contributed by atoms with E-state index in [-0.39, 0.29) is 11.8 Å². The van der Waals surface area contributed by atoms with Gasteiger partial charge < -0.3 is 10.6 Å². The second-order valence-electron chi connectivity index (χ2n) is 5.56. The SMILES string of the molecule is CCCN1CCN(CC(C(=N)N)c2ccccc2)CC1. The van der Waals surface area contributed by atoms with Gasteiger partial charge in [-0.3, -0.25) is 10.3 Å². The van der Waals surface area contributed by atoms with Crippen LogP contribution in [0.4, 0.5) is 0 Å². The van der Waals surface area contributed by atoms with Crippen molar-refractivity contribution in [1.29, 1.82) is 5.41 Å². The van der Waals surface area contributed by atoms with Crippen LogP contribution in [0.1, 0.15) is 24.8 Å². The monoisotopic (exact) mass is 274 g/mol. The van der Waals surface area contributed by atoms with Gasteiger partial charge in [-0.25, -0.2) is 0 Å². The molecule has 1 aromatic rings. The number of amidine groups is 1. The van der Waals surface area contributed by atoms with E-state index < -0.39 is 0 Å². The summed E-state index contributed by atoms with van der Waals surface area (Å²) in [5.74, 6) is 0.293. The van der Waals surface area contributed by atoms with Crippen LogP contribution in [-0.4, -0.2) is 54.9 Å². The van der Waals surface area contributed by atoms with Crippen molar-refractivity contribution in [2.45, 2.75) is 19.3 Å². The van der Waals surface area contributed by atoms with Gasteiger partial charge in [0.1, 0.15) is 0 Å². The summed E-state index contributed by atoms with van der Waals surface area (Å²) in [5.41, 5.74) is 6.96. The number of piperazine rings is 1. The number of nitrogens with one attached hydrogen (secondary N) is 1. The van der Waals surface area contributed by atoms with Gasteiger partial charge in [0.05, 0.1) is 11.8 Å². The molecule has 0 saturated carbocycles. The topological polar surface area (TPSA) is 56.4 Å². The fourth-order valence-corrected chi connectivity index (χ4v) is 2.84. The predicted octanol–water partition coefficient (Wildman–Crippen LogP) is 1.73. The van der Waals surface area contributed by atoms with Crippen molar-refractivity contribution in [2.24, 2.45) is 5.73 Å². The lowest BCUT2D eigenvalue weighted by Crippen LogP contribution is -2.48. The van der Waals surface area contributed by atoms with Crippen molar-refractivity contribution < 1.29 is 0 Å². The van der Waals surface area contributed by atoms with E-state index in [1.54, 1.807) is 0 Å². The number of nitrogens with zero attached hydrogens (tertiary/aromatic N) is 2. The first-order valence-corrected chi connectivity index (χ1v) is 7.54. The summed E-state index contributed by atoms with van der Waals surface area (Å²) in [6.07, 6.45) is 1.22. The van der Waals surface area contributed by atoms with E-state index in [4.69, 9.17) is 11.1 Å². The first kappa shape index (κ1) is 15.0. The van der Waals surface area contributed by atoms with E-state index >= 15 is 0 Å². The molecule has 0 aromatic heterocycles. The van der Waals surface area contributed by atoms with E-state index in [0.29, 0.717) is 0 Å². The maximum Gasteiger partial charge on any atom is 0.0995 e. The summed E-state index contributed by atoms with van der Waals surface area (Å²) < 4.78 is 0. The predicted molar refractivity (Wildman–Crippen MR) is 84.3 cm³/mol. The van der Waals surface area contributed by atoms with Crippen molar-refractivity contribution >= 4 is 5.84 Å². The molecule has 1 atom stereocenters. The van der Waals surface area contributed by atoms with E-state index in [2.05, 4.69) is 28.9 Å². The number of nitrogens with two attached hydrogens (primary N) is 1. The molecule has 1 unspecified atom stereocenters. The summed E-state index contributed by atoms with van der Waals surface area (Å²) in [5, 5.41) is 7.85. The molecule has 0 spiro atoms. The summed E-state index contributed by atoms with van der Waals surface area (Å²) >= 11 is 0. The molecule has 1 aliphatic heterocycles. The van der Waals surface area contributed by atoms with Gasteiger partial charge in [-0.1, -0.05) is 37.3 Å². The Kier molecular flexibility index (Phi) is 5.56. The molecule has 0 amide bonds. The van der Waals surface area contributed by atoms with Crippen LogP contribution >= 0.6 is 0 Å². The number of rotatable bonds is 6. The Hall–Kier alpha value is -1.39. The zero-order valence-corrected chi connectivity index (χ0v) is 12.4. The van der Waals surface area contributed by atoms with Crippen LogP contribution < -0.4 is 5.73 Å². The Labute approximate surface area is 122 Å². The zero-order valence-electron chi connectivity index (χ0n) is 12.4. The summed E-state index contributed by atoms with van der Waals surface area (Å²) in [6, 6.07) is 10.2. The third kappa shape index (κ3) is 4.05. The maximum atomic E-state index is 7.85. The highest BCUT2D eigenvalue weighted by molar-refractivity contribution is 5.84. The molecule has 1 fully saturated rings. The largest absolute Gasteiger partial charge is 0.387 e. The Morgan fingerprint density at radius 1 is 1.15 bits per heavy atom. The van der Waals surface area contributed by atoms with E-state index in [1.165, 1.54) is 13.0 Å². The number of hydrogen-bond acceptors (Lipinski definition) is 3. The van der Waals surface area contributed by atoms with Gasteiger partial charge in [0.2, 0.25) is 0 Å². The fourth-order valence-electron chi connectivity index (χ4n) is 2.84. The minimum atomic E-state index is 0.0222. The fraction of sp³-hybridized carbons (Fsp3) is 0.562. The Balaban J connectivity index is 1.92. The highest BCUT2D eigenvalue weighted by Gasteiger charge is 2.22. The van der Waals surface area contributed by atoms with Crippen molar-refractivity contribution in [3.8, 4) is 0 Å². The van der Waals surface area contributed by atoms with Gasteiger partial charge >= 0.3 is 0 Å². The molecule has 20 heavy (non-hydrogen) atoms. The molecule has 4 heteroatoms. The number of hydrogen-bond donors (Lipinski definition) is 2. The van der Waals surface area contributed by atoms with Gasteiger partial charge in [0.25, 0.3) is 0 Å². The number of benzene rings is 1. The highest BCUT2D eigenvalue weighted by Crippen LogP contribution is 2.17. The van der Waals surface area contributed by atoms with E-state index in [0.717, 1.165) is 38.3 Å². The Bertz CT molecular complexity index is 410. The van der Waals surface area contributed by atoms with Gasteiger partial charge in [-0.05, 0) is 18.5 Å². The summed E-state index contributed by atoms with van der Waals surface area (Å²) in [4.78, 5) is 4.95. The van der Waals surface area contributed by atoms with Gasteiger partial charge in [-0.15, -0.1) is 0 Å². The Morgan fingerprint density at radius 2 is 1.75 bits per heavy atom. The van der Waals surface area contributed by atoms with Crippen LogP contribution in [0, 0.1) is 5.41 Å². The maximum absolute atomic E-state index is 7.85. The van der Waals surface area contributed by atoms with Gasteiger partial charge in [-0.2, -0.15) is 0 Å². The third-order valence-corrected chi connectivity index (χ3v) is 4.02. The average molecular weight is 274 g/mol. The molecule has 0 bridgehead atoms. The molecule has 110 valence electrons. The lowest BCUT2D eigenvalue weighted by atomic mass is 9.97. The van der Waals surface area contributed by atoms with Crippen molar-refractivity contribution in [3.63, 3.8) is 0 Å². The minimum absolute atomic E-state index is 0.0222. The van der Waals surface area contributed by atoms with E-state index in [1.807, 2.05) is 18.2 Å². The quantitative estimate of drug-likeness (QED) is 0.613.